The number of halogens is 1. The fourth-order valence-electron chi connectivity index (χ4n) is 0.829. The van der Waals surface area contributed by atoms with Gasteiger partial charge < -0.3 is 0 Å². The predicted octanol–water partition coefficient (Wildman–Crippen LogP) is 2.56. The molecule has 0 aromatic rings. The lowest BCUT2D eigenvalue weighted by Crippen LogP contribution is -2.00. The Morgan fingerprint density at radius 2 is 1.83 bits per heavy atom. The third-order valence-corrected chi connectivity index (χ3v) is 1.95. The standard InChI is InChI=1S/C10H9BrO/c11-8-10(12)9-6-4-2-1-3-5-7-9/h1-7H,8H2/b2-1-,3-1?,4-2?,5-3-,6-4?,7-5?,9-6?,9-7?. The second-order valence-corrected chi connectivity index (χ2v) is 2.87. The van der Waals surface area contributed by atoms with Crippen LogP contribution < -0.4 is 0 Å². The quantitative estimate of drug-likeness (QED) is 0.660. The van der Waals surface area contributed by atoms with Gasteiger partial charge in [-0.2, -0.15) is 0 Å². The molecule has 1 rings (SSSR count). The van der Waals surface area contributed by atoms with Crippen molar-refractivity contribution in [3.8, 4) is 0 Å². The van der Waals surface area contributed by atoms with Gasteiger partial charge in [-0.1, -0.05) is 58.5 Å². The first-order chi connectivity index (χ1) is 5.84. The van der Waals surface area contributed by atoms with Gasteiger partial charge in [-0.15, -0.1) is 0 Å². The molecule has 1 aliphatic carbocycles. The Morgan fingerprint density at radius 3 is 2.58 bits per heavy atom. The van der Waals surface area contributed by atoms with Crippen molar-refractivity contribution in [2.45, 2.75) is 0 Å². The number of carbonyl (C=O) groups excluding carboxylic acids is 1. The summed E-state index contributed by atoms with van der Waals surface area (Å²) >= 11 is 3.13. The summed E-state index contributed by atoms with van der Waals surface area (Å²) < 4.78 is 0. The number of Topliss-reactive ketones (excluding diaryl/α,β-unsaturated/α-hetero) is 1. The maximum Gasteiger partial charge on any atom is 0.173 e. The SMILES string of the molecule is O=C(CBr)C1=C/C=C\C=C/C=C1. The number of allylic oxidation sites excluding steroid dienone is 8. The van der Waals surface area contributed by atoms with Crippen molar-refractivity contribution in [3.05, 3.63) is 48.1 Å². The number of carbonyl (C=O) groups is 1. The van der Waals surface area contributed by atoms with Crippen molar-refractivity contribution in [2.24, 2.45) is 0 Å². The van der Waals surface area contributed by atoms with E-state index < -0.39 is 0 Å². The van der Waals surface area contributed by atoms with Crippen LogP contribution in [0.4, 0.5) is 0 Å². The highest BCUT2D eigenvalue weighted by Crippen LogP contribution is 2.04. The molecule has 12 heavy (non-hydrogen) atoms. The highest BCUT2D eigenvalue weighted by molar-refractivity contribution is 9.09. The number of hydrogen-bond donors (Lipinski definition) is 0. The Hall–Kier alpha value is -0.890. The van der Waals surface area contributed by atoms with Crippen LogP contribution in [0.1, 0.15) is 0 Å². The van der Waals surface area contributed by atoms with Crippen LogP contribution >= 0.6 is 15.9 Å². The van der Waals surface area contributed by atoms with E-state index in [1.165, 1.54) is 0 Å². The molecule has 62 valence electrons. The normalized spacial score (nSPS) is 20.6. The first kappa shape index (κ1) is 9.20. The molecule has 0 spiro atoms. The molecular formula is C10H9BrO. The maximum absolute atomic E-state index is 11.2. The van der Waals surface area contributed by atoms with Crippen LogP contribution in [0, 0.1) is 0 Å². The van der Waals surface area contributed by atoms with Gasteiger partial charge >= 0.3 is 0 Å². The summed E-state index contributed by atoms with van der Waals surface area (Å²) in [6.07, 6.45) is 13.0. The van der Waals surface area contributed by atoms with Gasteiger partial charge in [0.05, 0.1) is 5.33 Å². The maximum atomic E-state index is 11.2. The fraction of sp³-hybridized carbons (Fsp3) is 0.100. The zero-order chi connectivity index (χ0) is 8.81. The molecule has 0 saturated carbocycles. The van der Waals surface area contributed by atoms with Gasteiger partial charge in [0.15, 0.2) is 5.78 Å². The van der Waals surface area contributed by atoms with E-state index in [2.05, 4.69) is 15.9 Å². The Bertz CT molecular complexity index is 282. The largest absolute Gasteiger partial charge is 0.293 e. The molecule has 0 saturated heterocycles. The van der Waals surface area contributed by atoms with Gasteiger partial charge in [-0.25, -0.2) is 0 Å². The molecule has 0 aromatic heterocycles. The molecule has 0 atom stereocenters. The van der Waals surface area contributed by atoms with Gasteiger partial charge in [0.1, 0.15) is 0 Å². The van der Waals surface area contributed by atoms with Crippen molar-refractivity contribution in [2.75, 3.05) is 5.33 Å². The molecule has 0 aliphatic heterocycles. The second-order valence-electron chi connectivity index (χ2n) is 2.31. The minimum atomic E-state index is 0.103. The van der Waals surface area contributed by atoms with Gasteiger partial charge in [-0.05, 0) is 0 Å². The number of alkyl halides is 1. The summed E-state index contributed by atoms with van der Waals surface area (Å²) in [6, 6.07) is 0. The van der Waals surface area contributed by atoms with Crippen molar-refractivity contribution >= 4 is 21.7 Å². The summed E-state index contributed by atoms with van der Waals surface area (Å²) in [5, 5.41) is 0.376. The molecule has 0 amide bonds. The van der Waals surface area contributed by atoms with Crippen LogP contribution in [0.2, 0.25) is 0 Å². The molecule has 0 bridgehead atoms. The zero-order valence-electron chi connectivity index (χ0n) is 6.53. The van der Waals surface area contributed by atoms with Gasteiger partial charge in [-0.3, -0.25) is 4.79 Å². The topological polar surface area (TPSA) is 17.1 Å². The molecule has 1 aliphatic rings. The summed E-state index contributed by atoms with van der Waals surface area (Å²) in [6.45, 7) is 0. The van der Waals surface area contributed by atoms with E-state index in [1.54, 1.807) is 0 Å². The number of ketones is 1. The summed E-state index contributed by atoms with van der Waals surface area (Å²) in [7, 11) is 0. The van der Waals surface area contributed by atoms with Crippen molar-refractivity contribution < 1.29 is 4.79 Å². The monoisotopic (exact) mass is 224 g/mol. The van der Waals surface area contributed by atoms with Crippen LogP contribution in [-0.2, 0) is 4.79 Å². The van der Waals surface area contributed by atoms with Crippen LogP contribution in [0.3, 0.4) is 0 Å². The molecule has 0 N–H and O–H groups in total. The Labute approximate surface area is 80.3 Å². The lowest BCUT2D eigenvalue weighted by molar-refractivity contribution is -0.112. The average molecular weight is 225 g/mol. The van der Waals surface area contributed by atoms with E-state index in [9.17, 15) is 4.79 Å². The molecule has 0 aromatic carbocycles. The minimum Gasteiger partial charge on any atom is -0.293 e. The molecule has 0 unspecified atom stereocenters. The van der Waals surface area contributed by atoms with E-state index in [0.29, 0.717) is 5.33 Å². The molecule has 0 fully saturated rings. The van der Waals surface area contributed by atoms with Gasteiger partial charge in [0, 0.05) is 5.57 Å². The molecular weight excluding hydrogens is 216 g/mol. The Kier molecular flexibility index (Phi) is 3.74. The molecule has 2 heteroatoms. The summed E-state index contributed by atoms with van der Waals surface area (Å²) in [5.74, 6) is 0.103. The third kappa shape index (κ3) is 2.62. The summed E-state index contributed by atoms with van der Waals surface area (Å²) in [4.78, 5) is 11.2. The summed E-state index contributed by atoms with van der Waals surface area (Å²) in [5.41, 5.74) is 0.729. The fourth-order valence-corrected chi connectivity index (χ4v) is 1.15. The van der Waals surface area contributed by atoms with Crippen LogP contribution in [0.25, 0.3) is 0 Å². The van der Waals surface area contributed by atoms with Crippen LogP contribution in [-0.4, -0.2) is 11.1 Å². The first-order valence-electron chi connectivity index (χ1n) is 3.65. The Balaban J connectivity index is 2.82. The van der Waals surface area contributed by atoms with Crippen molar-refractivity contribution in [1.29, 1.82) is 0 Å². The zero-order valence-corrected chi connectivity index (χ0v) is 8.12. The van der Waals surface area contributed by atoms with Crippen LogP contribution in [0.15, 0.2) is 48.1 Å². The van der Waals surface area contributed by atoms with E-state index in [0.717, 1.165) is 5.57 Å². The lowest BCUT2D eigenvalue weighted by atomic mass is 10.1. The highest BCUT2D eigenvalue weighted by atomic mass is 79.9. The molecule has 0 heterocycles. The van der Waals surface area contributed by atoms with Crippen molar-refractivity contribution in [1.82, 2.24) is 0 Å². The molecule has 0 radical (unpaired) electrons. The Morgan fingerprint density at radius 1 is 1.17 bits per heavy atom. The van der Waals surface area contributed by atoms with Gasteiger partial charge in [0.2, 0.25) is 0 Å². The number of hydrogen-bond acceptors (Lipinski definition) is 1. The third-order valence-electron chi connectivity index (χ3n) is 1.44. The van der Waals surface area contributed by atoms with E-state index in [1.807, 2.05) is 42.5 Å². The first-order valence-corrected chi connectivity index (χ1v) is 4.77. The minimum absolute atomic E-state index is 0.103. The predicted molar refractivity (Wildman–Crippen MR) is 54.3 cm³/mol. The molecule has 1 nitrogen and oxygen atoms in total. The van der Waals surface area contributed by atoms with E-state index >= 15 is 0 Å². The second kappa shape index (κ2) is 4.88. The number of rotatable bonds is 2. The van der Waals surface area contributed by atoms with Crippen molar-refractivity contribution in [3.63, 3.8) is 0 Å². The van der Waals surface area contributed by atoms with E-state index in [-0.39, 0.29) is 5.78 Å². The van der Waals surface area contributed by atoms with Crippen LogP contribution in [0.5, 0.6) is 0 Å². The lowest BCUT2D eigenvalue weighted by Gasteiger charge is -1.96. The smallest absolute Gasteiger partial charge is 0.173 e. The highest BCUT2D eigenvalue weighted by Gasteiger charge is 2.02. The average Bonchev–Trinajstić information content (AvgIpc) is 2.02. The van der Waals surface area contributed by atoms with E-state index in [4.69, 9.17) is 0 Å². The van der Waals surface area contributed by atoms with Gasteiger partial charge in [0.25, 0.3) is 0 Å².